The molecule has 0 amide bonds. The van der Waals surface area contributed by atoms with Crippen molar-refractivity contribution in [3.63, 3.8) is 0 Å². The van der Waals surface area contributed by atoms with Gasteiger partial charge in [-0.3, -0.25) is 0 Å². The molecule has 0 N–H and O–H groups in total. The summed E-state index contributed by atoms with van der Waals surface area (Å²) in [5.41, 5.74) is 4.87. The van der Waals surface area contributed by atoms with Gasteiger partial charge < -0.3 is 0 Å². The van der Waals surface area contributed by atoms with E-state index in [4.69, 9.17) is 0 Å². The molecule has 0 nitrogen and oxygen atoms in total. The fourth-order valence-electron chi connectivity index (χ4n) is 4.47. The molecule has 0 spiro atoms. The van der Waals surface area contributed by atoms with E-state index in [1.165, 1.54) is 54.6 Å². The van der Waals surface area contributed by atoms with E-state index in [0.29, 0.717) is 0 Å². The minimum atomic E-state index is 1.20. The molecule has 0 radical (unpaired) electrons. The second kappa shape index (κ2) is 8.08. The van der Waals surface area contributed by atoms with E-state index in [1.54, 1.807) is 6.08 Å². The lowest BCUT2D eigenvalue weighted by atomic mass is 9.92. The van der Waals surface area contributed by atoms with Crippen LogP contribution in [0.5, 0.6) is 0 Å². The highest BCUT2D eigenvalue weighted by atomic mass is 14.1. The summed E-state index contributed by atoms with van der Waals surface area (Å²) in [6, 6.07) is 33.1. The van der Waals surface area contributed by atoms with Crippen LogP contribution in [-0.4, -0.2) is 0 Å². The monoisotopic (exact) mass is 396 g/mol. The third-order valence-corrected chi connectivity index (χ3v) is 6.02. The van der Waals surface area contributed by atoms with Gasteiger partial charge in [0.25, 0.3) is 0 Å². The van der Waals surface area contributed by atoms with Crippen molar-refractivity contribution < 1.29 is 0 Å². The molecule has 0 aliphatic heterocycles. The predicted octanol–water partition coefficient (Wildman–Crippen LogP) is 8.96. The molecule has 0 aliphatic rings. The smallest absolute Gasteiger partial charge is 0.00928 e. The Hall–Kier alpha value is -3.90. The van der Waals surface area contributed by atoms with Crippen LogP contribution in [0.25, 0.3) is 49.0 Å². The molecule has 5 rings (SSSR count). The number of hydrogen-bond acceptors (Lipinski definition) is 0. The summed E-state index contributed by atoms with van der Waals surface area (Å²) >= 11 is 0. The molecule has 31 heavy (non-hydrogen) atoms. The van der Waals surface area contributed by atoms with Crippen molar-refractivity contribution in [1.29, 1.82) is 0 Å². The van der Waals surface area contributed by atoms with Crippen molar-refractivity contribution in [2.45, 2.75) is 6.92 Å². The van der Waals surface area contributed by atoms with E-state index < -0.39 is 0 Å². The SMILES string of the molecule is C=C/C=C\C(=C/C)c1ccc(-c2ccc3c4ccccc4c4ccccc4c3c2)cc1. The Morgan fingerprint density at radius 2 is 1.13 bits per heavy atom. The topological polar surface area (TPSA) is 0 Å². The molecular formula is C31H24. The largest absolute Gasteiger partial charge is 0.0991 e. The van der Waals surface area contributed by atoms with E-state index in [0.717, 1.165) is 0 Å². The highest BCUT2D eigenvalue weighted by Crippen LogP contribution is 2.37. The van der Waals surface area contributed by atoms with Crippen LogP contribution in [0.1, 0.15) is 12.5 Å². The standard InChI is InChI=1S/C31H24/c1-3-5-10-22(4-2)23-15-17-24(18-16-23)25-19-20-30-28-13-7-6-11-26(28)27-12-8-9-14-29(27)31(30)21-25/h3-21H,1H2,2H3/b10-5-,22-4+. The van der Waals surface area contributed by atoms with Crippen molar-refractivity contribution in [2.24, 2.45) is 0 Å². The minimum Gasteiger partial charge on any atom is -0.0991 e. The summed E-state index contributed by atoms with van der Waals surface area (Å²) in [5, 5.41) is 7.85. The van der Waals surface area contributed by atoms with Crippen LogP contribution in [0.15, 0.2) is 122 Å². The van der Waals surface area contributed by atoms with Crippen LogP contribution in [-0.2, 0) is 0 Å². The maximum Gasteiger partial charge on any atom is -0.00928 e. The van der Waals surface area contributed by atoms with E-state index in [2.05, 4.69) is 117 Å². The van der Waals surface area contributed by atoms with Gasteiger partial charge in [0, 0.05) is 0 Å². The van der Waals surface area contributed by atoms with Gasteiger partial charge in [0.05, 0.1) is 0 Å². The fourth-order valence-corrected chi connectivity index (χ4v) is 4.47. The Morgan fingerprint density at radius 1 is 0.613 bits per heavy atom. The Balaban J connectivity index is 1.67. The van der Waals surface area contributed by atoms with Gasteiger partial charge in [-0.25, -0.2) is 0 Å². The minimum absolute atomic E-state index is 1.20. The zero-order valence-corrected chi connectivity index (χ0v) is 17.7. The van der Waals surface area contributed by atoms with E-state index in [-0.39, 0.29) is 0 Å². The molecule has 0 heteroatoms. The van der Waals surface area contributed by atoms with Crippen molar-refractivity contribution in [2.75, 3.05) is 0 Å². The molecule has 148 valence electrons. The number of allylic oxidation sites excluding steroid dienone is 5. The quantitative estimate of drug-likeness (QED) is 0.210. The molecule has 0 saturated heterocycles. The van der Waals surface area contributed by atoms with E-state index >= 15 is 0 Å². The van der Waals surface area contributed by atoms with Gasteiger partial charge in [-0.15, -0.1) is 0 Å². The number of rotatable bonds is 4. The molecular weight excluding hydrogens is 372 g/mol. The summed E-state index contributed by atoms with van der Waals surface area (Å²) in [6.45, 7) is 5.83. The van der Waals surface area contributed by atoms with Crippen LogP contribution in [0.4, 0.5) is 0 Å². The first kappa shape index (κ1) is 19.1. The molecule has 0 aromatic heterocycles. The van der Waals surface area contributed by atoms with E-state index in [9.17, 15) is 0 Å². The predicted molar refractivity (Wildman–Crippen MR) is 137 cm³/mol. The summed E-state index contributed by atoms with van der Waals surface area (Å²) in [4.78, 5) is 0. The molecule has 0 unspecified atom stereocenters. The maximum atomic E-state index is 3.77. The van der Waals surface area contributed by atoms with Gasteiger partial charge in [-0.05, 0) is 67.6 Å². The zero-order valence-electron chi connectivity index (χ0n) is 17.7. The summed E-state index contributed by atoms with van der Waals surface area (Å²) < 4.78 is 0. The van der Waals surface area contributed by atoms with Crippen molar-refractivity contribution >= 4 is 37.9 Å². The second-order valence-electron chi connectivity index (χ2n) is 7.77. The lowest BCUT2D eigenvalue weighted by molar-refractivity contribution is 1.58. The van der Waals surface area contributed by atoms with Crippen LogP contribution in [0.2, 0.25) is 0 Å². The average Bonchev–Trinajstić information content (AvgIpc) is 2.85. The maximum absolute atomic E-state index is 3.77. The van der Waals surface area contributed by atoms with E-state index in [1.807, 2.05) is 6.08 Å². The Bertz CT molecular complexity index is 1440. The van der Waals surface area contributed by atoms with Gasteiger partial charge in [-0.1, -0.05) is 116 Å². The summed E-state index contributed by atoms with van der Waals surface area (Å²) in [6.07, 6.45) is 8.00. The second-order valence-corrected chi connectivity index (χ2v) is 7.77. The zero-order chi connectivity index (χ0) is 21.2. The first-order valence-corrected chi connectivity index (χ1v) is 10.7. The molecule has 5 aromatic carbocycles. The van der Waals surface area contributed by atoms with Gasteiger partial charge in [-0.2, -0.15) is 0 Å². The lowest BCUT2D eigenvalue weighted by Crippen LogP contribution is -1.86. The third-order valence-electron chi connectivity index (χ3n) is 6.02. The Labute approximate surface area is 183 Å². The van der Waals surface area contributed by atoms with Gasteiger partial charge in [0.1, 0.15) is 0 Å². The summed E-state index contributed by atoms with van der Waals surface area (Å²) in [7, 11) is 0. The highest BCUT2D eigenvalue weighted by Gasteiger charge is 2.09. The average molecular weight is 397 g/mol. The molecule has 0 saturated carbocycles. The Kier molecular flexibility index (Phi) is 4.98. The van der Waals surface area contributed by atoms with Crippen LogP contribution in [0.3, 0.4) is 0 Å². The normalized spacial score (nSPS) is 12.2. The summed E-state index contributed by atoms with van der Waals surface area (Å²) in [5.74, 6) is 0. The van der Waals surface area contributed by atoms with Crippen molar-refractivity contribution in [3.05, 3.63) is 127 Å². The molecule has 5 aromatic rings. The van der Waals surface area contributed by atoms with Gasteiger partial charge >= 0.3 is 0 Å². The highest BCUT2D eigenvalue weighted by molar-refractivity contribution is 6.25. The first-order chi connectivity index (χ1) is 15.3. The third kappa shape index (κ3) is 3.37. The van der Waals surface area contributed by atoms with Crippen LogP contribution < -0.4 is 0 Å². The van der Waals surface area contributed by atoms with Gasteiger partial charge in [0.2, 0.25) is 0 Å². The number of hydrogen-bond donors (Lipinski definition) is 0. The van der Waals surface area contributed by atoms with Crippen molar-refractivity contribution in [3.8, 4) is 11.1 Å². The van der Waals surface area contributed by atoms with Crippen molar-refractivity contribution in [1.82, 2.24) is 0 Å². The van der Waals surface area contributed by atoms with Crippen LogP contribution >= 0.6 is 0 Å². The van der Waals surface area contributed by atoms with Crippen LogP contribution in [0, 0.1) is 0 Å². The first-order valence-electron chi connectivity index (χ1n) is 10.7. The number of fused-ring (bicyclic) bond motifs is 6. The fraction of sp³-hybridized carbons (Fsp3) is 0.0323. The Morgan fingerprint density at radius 3 is 1.68 bits per heavy atom. The molecule has 0 atom stereocenters. The lowest BCUT2D eigenvalue weighted by Gasteiger charge is -2.12. The molecule has 0 aliphatic carbocycles. The number of benzene rings is 5. The van der Waals surface area contributed by atoms with Gasteiger partial charge in [0.15, 0.2) is 0 Å². The molecule has 0 bridgehead atoms. The molecule has 0 heterocycles. The molecule has 0 fully saturated rings.